The van der Waals surface area contributed by atoms with Crippen LogP contribution in [-0.2, 0) is 11.2 Å². The van der Waals surface area contributed by atoms with E-state index in [0.717, 1.165) is 16.5 Å². The fraction of sp³-hybridized carbons (Fsp3) is 0.118. The average molecular weight is 325 g/mol. The van der Waals surface area contributed by atoms with Crippen molar-refractivity contribution in [3.8, 4) is 17.4 Å². The number of amides is 1. The van der Waals surface area contributed by atoms with E-state index in [-0.39, 0.29) is 6.42 Å². The summed E-state index contributed by atoms with van der Waals surface area (Å²) in [6.45, 7) is 0. The molecule has 0 fully saturated rings. The second kappa shape index (κ2) is 6.93. The van der Waals surface area contributed by atoms with Crippen LogP contribution in [0.25, 0.3) is 10.9 Å². The summed E-state index contributed by atoms with van der Waals surface area (Å²) in [7, 11) is 1.60. The van der Waals surface area contributed by atoms with E-state index in [1.54, 1.807) is 42.9 Å². The molecule has 1 heterocycles. The highest BCUT2D eigenvalue weighted by atomic mass is 16.5. The number of carbonyl (C=O) groups excluding carboxylic acids is 1. The van der Waals surface area contributed by atoms with E-state index >= 15 is 0 Å². The zero-order chi connectivity index (χ0) is 16.9. The van der Waals surface area contributed by atoms with Gasteiger partial charge in [-0.2, -0.15) is 0 Å². The van der Waals surface area contributed by atoms with Crippen LogP contribution in [0, 0.1) is 0 Å². The maximum atomic E-state index is 11.1. The van der Waals surface area contributed by atoms with Crippen LogP contribution in [0.2, 0.25) is 0 Å². The Hall–Kier alpha value is -3.19. The Kier molecular flexibility index (Phi) is 4.53. The number of fused-ring (bicyclic) bond motifs is 1. The molecule has 1 amide bonds. The molecule has 0 radical (unpaired) electrons. The lowest BCUT2D eigenvalue weighted by molar-refractivity contribution is -0.128. The van der Waals surface area contributed by atoms with E-state index < -0.39 is 5.91 Å². The second-order valence-corrected chi connectivity index (χ2v) is 5.02. The molecule has 0 aliphatic rings. The highest BCUT2D eigenvalue weighted by Crippen LogP contribution is 2.28. The van der Waals surface area contributed by atoms with Crippen molar-refractivity contribution in [1.82, 2.24) is 15.4 Å². The summed E-state index contributed by atoms with van der Waals surface area (Å²) < 4.78 is 11.0. The van der Waals surface area contributed by atoms with Crippen LogP contribution in [0.15, 0.2) is 48.8 Å². The lowest BCUT2D eigenvalue weighted by Gasteiger charge is -2.09. The van der Waals surface area contributed by atoms with Gasteiger partial charge in [0.1, 0.15) is 17.8 Å². The van der Waals surface area contributed by atoms with E-state index in [4.69, 9.17) is 14.7 Å². The quantitative estimate of drug-likeness (QED) is 0.553. The summed E-state index contributed by atoms with van der Waals surface area (Å²) in [4.78, 5) is 19.5. The maximum Gasteiger partial charge on any atom is 0.247 e. The molecular weight excluding hydrogens is 310 g/mol. The predicted molar refractivity (Wildman–Crippen MR) is 86.2 cm³/mol. The first-order valence-corrected chi connectivity index (χ1v) is 7.18. The van der Waals surface area contributed by atoms with E-state index in [1.165, 1.54) is 6.33 Å². The molecule has 3 rings (SSSR count). The number of hydroxylamine groups is 1. The molecule has 0 aliphatic heterocycles. The minimum Gasteiger partial charge on any atom is -0.497 e. The summed E-state index contributed by atoms with van der Waals surface area (Å²) in [5, 5.41) is 9.30. The van der Waals surface area contributed by atoms with Gasteiger partial charge in [0.15, 0.2) is 0 Å². The highest BCUT2D eigenvalue weighted by Gasteiger charge is 2.08. The molecule has 0 bridgehead atoms. The van der Waals surface area contributed by atoms with Gasteiger partial charge < -0.3 is 9.47 Å². The van der Waals surface area contributed by atoms with Crippen molar-refractivity contribution in [2.45, 2.75) is 6.42 Å². The number of nitrogens with zero attached hydrogens (tertiary/aromatic N) is 2. The Labute approximate surface area is 137 Å². The summed E-state index contributed by atoms with van der Waals surface area (Å²) in [6, 6.07) is 12.4. The Bertz CT molecular complexity index is 865. The van der Waals surface area contributed by atoms with E-state index in [1.807, 2.05) is 12.1 Å². The molecular formula is C17H15N3O4. The van der Waals surface area contributed by atoms with Gasteiger partial charge in [0.25, 0.3) is 0 Å². The molecule has 0 atom stereocenters. The molecule has 3 aromatic rings. The number of ether oxygens (including phenoxy) is 2. The van der Waals surface area contributed by atoms with Gasteiger partial charge in [0.05, 0.1) is 24.4 Å². The first-order chi connectivity index (χ1) is 11.7. The van der Waals surface area contributed by atoms with Gasteiger partial charge in [-0.05, 0) is 29.8 Å². The first kappa shape index (κ1) is 15.7. The molecule has 2 aromatic carbocycles. The Morgan fingerprint density at radius 1 is 1.12 bits per heavy atom. The number of hydrogen-bond acceptors (Lipinski definition) is 6. The first-order valence-electron chi connectivity index (χ1n) is 7.18. The lowest BCUT2D eigenvalue weighted by Crippen LogP contribution is -2.20. The van der Waals surface area contributed by atoms with Gasteiger partial charge in [-0.3, -0.25) is 10.0 Å². The highest BCUT2D eigenvalue weighted by molar-refractivity contribution is 5.84. The van der Waals surface area contributed by atoms with Gasteiger partial charge in [-0.1, -0.05) is 12.1 Å². The third kappa shape index (κ3) is 3.41. The zero-order valence-corrected chi connectivity index (χ0v) is 12.9. The standard InChI is InChI=1S/C17H15N3O4/c1-23-13-6-7-14-15(9-13)18-10-19-17(14)24-12-4-2-11(3-5-12)8-16(21)20-22/h2-7,9-10,22H,8H2,1H3,(H,20,21). The lowest BCUT2D eigenvalue weighted by atomic mass is 10.1. The number of benzene rings is 2. The smallest absolute Gasteiger partial charge is 0.247 e. The molecule has 122 valence electrons. The minimum absolute atomic E-state index is 0.0903. The summed E-state index contributed by atoms with van der Waals surface area (Å²) in [5.41, 5.74) is 3.07. The summed E-state index contributed by atoms with van der Waals surface area (Å²) in [5.74, 6) is 1.25. The van der Waals surface area contributed by atoms with Gasteiger partial charge in [0, 0.05) is 6.07 Å². The number of rotatable bonds is 5. The summed E-state index contributed by atoms with van der Waals surface area (Å²) >= 11 is 0. The van der Waals surface area contributed by atoms with E-state index in [0.29, 0.717) is 17.4 Å². The molecule has 2 N–H and O–H groups in total. The third-order valence-corrected chi connectivity index (χ3v) is 3.43. The van der Waals surface area contributed by atoms with Crippen LogP contribution in [0.1, 0.15) is 5.56 Å². The van der Waals surface area contributed by atoms with Crippen molar-refractivity contribution in [3.63, 3.8) is 0 Å². The van der Waals surface area contributed by atoms with E-state index in [2.05, 4.69) is 9.97 Å². The topological polar surface area (TPSA) is 93.6 Å². The molecule has 0 saturated carbocycles. The van der Waals surface area contributed by atoms with Crippen molar-refractivity contribution in [2.24, 2.45) is 0 Å². The van der Waals surface area contributed by atoms with Gasteiger partial charge >= 0.3 is 0 Å². The number of nitrogens with one attached hydrogen (secondary N) is 1. The Balaban J connectivity index is 1.83. The fourth-order valence-corrected chi connectivity index (χ4v) is 2.23. The van der Waals surface area contributed by atoms with Crippen LogP contribution in [0.5, 0.6) is 17.4 Å². The van der Waals surface area contributed by atoms with Crippen molar-refractivity contribution >= 4 is 16.8 Å². The number of carbonyl (C=O) groups is 1. The van der Waals surface area contributed by atoms with Crippen molar-refractivity contribution in [1.29, 1.82) is 0 Å². The minimum atomic E-state index is -0.473. The SMILES string of the molecule is COc1ccc2c(Oc3ccc(CC(=O)NO)cc3)ncnc2c1. The largest absolute Gasteiger partial charge is 0.497 e. The zero-order valence-electron chi connectivity index (χ0n) is 12.9. The molecule has 0 unspecified atom stereocenters. The maximum absolute atomic E-state index is 11.1. The van der Waals surface area contributed by atoms with Crippen LogP contribution < -0.4 is 15.0 Å². The molecule has 7 nitrogen and oxygen atoms in total. The van der Waals surface area contributed by atoms with Crippen LogP contribution in [-0.4, -0.2) is 28.2 Å². The normalized spacial score (nSPS) is 10.4. The Morgan fingerprint density at radius 3 is 2.58 bits per heavy atom. The molecule has 0 aliphatic carbocycles. The summed E-state index contributed by atoms with van der Waals surface area (Å²) in [6.07, 6.45) is 1.52. The second-order valence-electron chi connectivity index (χ2n) is 5.02. The van der Waals surface area contributed by atoms with Gasteiger partial charge in [0.2, 0.25) is 11.8 Å². The van der Waals surface area contributed by atoms with Crippen LogP contribution in [0.3, 0.4) is 0 Å². The van der Waals surface area contributed by atoms with Crippen molar-refractivity contribution in [3.05, 3.63) is 54.4 Å². The number of hydrogen-bond donors (Lipinski definition) is 2. The monoisotopic (exact) mass is 325 g/mol. The molecule has 0 spiro atoms. The average Bonchev–Trinajstić information content (AvgIpc) is 2.63. The van der Waals surface area contributed by atoms with Crippen LogP contribution >= 0.6 is 0 Å². The number of methoxy groups -OCH3 is 1. The molecule has 1 aromatic heterocycles. The van der Waals surface area contributed by atoms with Crippen LogP contribution in [0.4, 0.5) is 0 Å². The number of aromatic nitrogens is 2. The molecule has 7 heteroatoms. The van der Waals surface area contributed by atoms with Crippen molar-refractivity contribution in [2.75, 3.05) is 7.11 Å². The molecule has 0 saturated heterocycles. The third-order valence-electron chi connectivity index (χ3n) is 3.43. The predicted octanol–water partition coefficient (Wildman–Crippen LogP) is 2.48. The van der Waals surface area contributed by atoms with Gasteiger partial charge in [-0.15, -0.1) is 0 Å². The van der Waals surface area contributed by atoms with Crippen molar-refractivity contribution < 1.29 is 19.5 Å². The van der Waals surface area contributed by atoms with E-state index in [9.17, 15) is 4.79 Å². The van der Waals surface area contributed by atoms with Gasteiger partial charge in [-0.25, -0.2) is 15.4 Å². The molecule has 24 heavy (non-hydrogen) atoms. The fourth-order valence-electron chi connectivity index (χ4n) is 2.23. The Morgan fingerprint density at radius 2 is 1.88 bits per heavy atom.